The molecule has 1 aromatic carbocycles. The predicted octanol–water partition coefficient (Wildman–Crippen LogP) is 1.67. The zero-order chi connectivity index (χ0) is 11.7. The number of phenolic OH excluding ortho intramolecular Hbond substituents is 1. The number of benzene rings is 1. The first-order valence-corrected chi connectivity index (χ1v) is 6.55. The summed E-state index contributed by atoms with van der Waals surface area (Å²) >= 11 is 0. The minimum Gasteiger partial charge on any atom is -0.508 e. The van der Waals surface area contributed by atoms with Crippen molar-refractivity contribution in [3.63, 3.8) is 0 Å². The summed E-state index contributed by atoms with van der Waals surface area (Å²) in [5.41, 5.74) is 1.30. The first-order valence-electron chi connectivity index (χ1n) is 6.55. The lowest BCUT2D eigenvalue weighted by molar-refractivity contribution is 0.0994. The molecular weight excluding hydrogens is 212 g/mol. The highest BCUT2D eigenvalue weighted by Crippen LogP contribution is 2.22. The standard InChI is InChI=1S/C14H20N2O/c17-14-5-3-12(4-6-14)10-15-8-9-16-7-1-2-13(16)11-15/h3-6,13,17H,1-2,7-11H2. The van der Waals surface area contributed by atoms with Gasteiger partial charge in [0, 0.05) is 32.2 Å². The van der Waals surface area contributed by atoms with Gasteiger partial charge in [-0.3, -0.25) is 9.80 Å². The monoisotopic (exact) mass is 232 g/mol. The van der Waals surface area contributed by atoms with Crippen LogP contribution in [0.5, 0.6) is 5.75 Å². The van der Waals surface area contributed by atoms with Crippen LogP contribution in [-0.4, -0.2) is 47.1 Å². The molecule has 3 rings (SSSR count). The molecular formula is C14H20N2O. The highest BCUT2D eigenvalue weighted by Gasteiger charge is 2.30. The Morgan fingerprint density at radius 3 is 2.76 bits per heavy atom. The Bertz CT molecular complexity index is 376. The lowest BCUT2D eigenvalue weighted by Crippen LogP contribution is -2.49. The number of rotatable bonds is 2. The van der Waals surface area contributed by atoms with Gasteiger partial charge in [-0.05, 0) is 37.1 Å². The minimum absolute atomic E-state index is 0.356. The van der Waals surface area contributed by atoms with Crippen LogP contribution in [0.1, 0.15) is 18.4 Å². The van der Waals surface area contributed by atoms with E-state index in [1.807, 2.05) is 12.1 Å². The third-order valence-electron chi connectivity index (χ3n) is 4.01. The zero-order valence-corrected chi connectivity index (χ0v) is 10.2. The second-order valence-corrected chi connectivity index (χ2v) is 5.23. The van der Waals surface area contributed by atoms with Crippen molar-refractivity contribution < 1.29 is 5.11 Å². The number of hydrogen-bond acceptors (Lipinski definition) is 3. The van der Waals surface area contributed by atoms with Crippen molar-refractivity contribution in [3.8, 4) is 5.75 Å². The molecule has 1 N–H and O–H groups in total. The Morgan fingerprint density at radius 2 is 1.94 bits per heavy atom. The first kappa shape index (κ1) is 11.1. The maximum atomic E-state index is 9.27. The van der Waals surface area contributed by atoms with Crippen molar-refractivity contribution in [2.45, 2.75) is 25.4 Å². The zero-order valence-electron chi connectivity index (χ0n) is 10.2. The SMILES string of the molecule is Oc1ccc(CN2CCN3CCCC3C2)cc1. The second kappa shape index (κ2) is 4.67. The highest BCUT2D eigenvalue weighted by molar-refractivity contribution is 5.25. The molecule has 2 heterocycles. The number of phenols is 1. The van der Waals surface area contributed by atoms with Crippen molar-refractivity contribution in [3.05, 3.63) is 29.8 Å². The van der Waals surface area contributed by atoms with Gasteiger partial charge < -0.3 is 5.11 Å². The van der Waals surface area contributed by atoms with Gasteiger partial charge in [-0.25, -0.2) is 0 Å². The quantitative estimate of drug-likeness (QED) is 0.840. The molecule has 0 aliphatic carbocycles. The van der Waals surface area contributed by atoms with Crippen molar-refractivity contribution >= 4 is 0 Å². The molecule has 0 radical (unpaired) electrons. The van der Waals surface area contributed by atoms with Crippen LogP contribution in [0.2, 0.25) is 0 Å². The van der Waals surface area contributed by atoms with Crippen molar-refractivity contribution in [2.24, 2.45) is 0 Å². The molecule has 1 aromatic rings. The van der Waals surface area contributed by atoms with E-state index in [-0.39, 0.29) is 0 Å². The maximum absolute atomic E-state index is 9.27. The molecule has 2 aliphatic rings. The van der Waals surface area contributed by atoms with E-state index in [1.165, 1.54) is 44.6 Å². The van der Waals surface area contributed by atoms with Crippen LogP contribution < -0.4 is 0 Å². The molecule has 0 bridgehead atoms. The summed E-state index contributed by atoms with van der Waals surface area (Å²) in [6, 6.07) is 8.40. The van der Waals surface area contributed by atoms with Gasteiger partial charge in [-0.1, -0.05) is 12.1 Å². The van der Waals surface area contributed by atoms with E-state index in [1.54, 1.807) is 12.1 Å². The van der Waals surface area contributed by atoms with Crippen LogP contribution in [0.4, 0.5) is 0 Å². The van der Waals surface area contributed by atoms with Crippen LogP contribution in [-0.2, 0) is 6.54 Å². The topological polar surface area (TPSA) is 26.7 Å². The molecule has 0 spiro atoms. The maximum Gasteiger partial charge on any atom is 0.115 e. The van der Waals surface area contributed by atoms with E-state index in [4.69, 9.17) is 0 Å². The van der Waals surface area contributed by atoms with E-state index in [0.717, 1.165) is 12.6 Å². The van der Waals surface area contributed by atoms with E-state index in [0.29, 0.717) is 5.75 Å². The molecule has 0 amide bonds. The van der Waals surface area contributed by atoms with Gasteiger partial charge in [-0.15, -0.1) is 0 Å². The van der Waals surface area contributed by atoms with E-state index in [9.17, 15) is 5.11 Å². The fourth-order valence-corrected chi connectivity index (χ4v) is 3.06. The molecule has 92 valence electrons. The normalized spacial score (nSPS) is 26.0. The van der Waals surface area contributed by atoms with Gasteiger partial charge in [0.25, 0.3) is 0 Å². The third-order valence-corrected chi connectivity index (χ3v) is 4.01. The molecule has 2 fully saturated rings. The van der Waals surface area contributed by atoms with Crippen molar-refractivity contribution in [2.75, 3.05) is 26.2 Å². The molecule has 1 atom stereocenters. The summed E-state index contributed by atoms with van der Waals surface area (Å²) in [5.74, 6) is 0.356. The molecule has 3 heteroatoms. The summed E-state index contributed by atoms with van der Waals surface area (Å²) < 4.78 is 0. The average Bonchev–Trinajstić information content (AvgIpc) is 2.79. The van der Waals surface area contributed by atoms with E-state index in [2.05, 4.69) is 9.80 Å². The minimum atomic E-state index is 0.356. The van der Waals surface area contributed by atoms with E-state index < -0.39 is 0 Å². The average molecular weight is 232 g/mol. The van der Waals surface area contributed by atoms with Crippen LogP contribution in [0.15, 0.2) is 24.3 Å². The summed E-state index contributed by atoms with van der Waals surface area (Å²) in [5, 5.41) is 9.27. The Kier molecular flexibility index (Phi) is 3.04. The van der Waals surface area contributed by atoms with E-state index >= 15 is 0 Å². The molecule has 0 aromatic heterocycles. The Balaban J connectivity index is 1.60. The molecule has 17 heavy (non-hydrogen) atoms. The van der Waals surface area contributed by atoms with Gasteiger partial charge in [0.05, 0.1) is 0 Å². The van der Waals surface area contributed by atoms with Crippen LogP contribution in [0.3, 0.4) is 0 Å². The Hall–Kier alpha value is -1.06. The van der Waals surface area contributed by atoms with Gasteiger partial charge in [-0.2, -0.15) is 0 Å². The predicted molar refractivity (Wildman–Crippen MR) is 68.0 cm³/mol. The van der Waals surface area contributed by atoms with Gasteiger partial charge in [0.2, 0.25) is 0 Å². The Labute approximate surface area is 103 Å². The van der Waals surface area contributed by atoms with Gasteiger partial charge in [0.1, 0.15) is 5.75 Å². The molecule has 1 unspecified atom stereocenters. The summed E-state index contributed by atoms with van der Waals surface area (Å²) in [6.07, 6.45) is 2.74. The molecule has 0 saturated carbocycles. The summed E-state index contributed by atoms with van der Waals surface area (Å²) in [6.45, 7) is 5.93. The number of fused-ring (bicyclic) bond motifs is 1. The van der Waals surface area contributed by atoms with Crippen LogP contribution >= 0.6 is 0 Å². The second-order valence-electron chi connectivity index (χ2n) is 5.23. The largest absolute Gasteiger partial charge is 0.508 e. The Morgan fingerprint density at radius 1 is 1.12 bits per heavy atom. The van der Waals surface area contributed by atoms with Crippen LogP contribution in [0.25, 0.3) is 0 Å². The van der Waals surface area contributed by atoms with Gasteiger partial charge in [0.15, 0.2) is 0 Å². The molecule has 2 saturated heterocycles. The number of hydrogen-bond donors (Lipinski definition) is 1. The fourth-order valence-electron chi connectivity index (χ4n) is 3.06. The van der Waals surface area contributed by atoms with Crippen LogP contribution in [0, 0.1) is 0 Å². The third kappa shape index (κ3) is 2.45. The molecule has 2 aliphatic heterocycles. The fraction of sp³-hybridized carbons (Fsp3) is 0.571. The summed E-state index contributed by atoms with van der Waals surface area (Å²) in [7, 11) is 0. The smallest absolute Gasteiger partial charge is 0.115 e. The highest BCUT2D eigenvalue weighted by atomic mass is 16.3. The van der Waals surface area contributed by atoms with Crippen molar-refractivity contribution in [1.29, 1.82) is 0 Å². The lowest BCUT2D eigenvalue weighted by atomic mass is 10.1. The number of nitrogens with zero attached hydrogens (tertiary/aromatic N) is 2. The molecule has 3 nitrogen and oxygen atoms in total. The van der Waals surface area contributed by atoms with Crippen molar-refractivity contribution in [1.82, 2.24) is 9.80 Å². The summed E-state index contributed by atoms with van der Waals surface area (Å²) in [4.78, 5) is 5.17. The number of aromatic hydroxyl groups is 1. The first-order chi connectivity index (χ1) is 8.31. The number of piperazine rings is 1. The lowest BCUT2D eigenvalue weighted by Gasteiger charge is -2.37. The van der Waals surface area contributed by atoms with Gasteiger partial charge >= 0.3 is 0 Å².